The maximum Gasteiger partial charge on any atom is 0.194 e. The number of hydrogen-bond donors (Lipinski definition) is 1. The standard InChI is InChI=1S/C21H32N4O/c1-3-16-15-24(13-10-20(16)25(12-1)18-7-8-18)21(23-17-5-6-17)22-11-9-19-4-2-14-26-19/h2,4,14,16-18,20H,1,3,5-13,15H2,(H,22,23). The van der Waals surface area contributed by atoms with Crippen LogP contribution >= 0.6 is 0 Å². The molecule has 1 aromatic heterocycles. The Morgan fingerprint density at radius 1 is 1.15 bits per heavy atom. The van der Waals surface area contributed by atoms with Crippen molar-refractivity contribution < 1.29 is 4.42 Å². The molecule has 2 unspecified atom stereocenters. The molecule has 5 rings (SSSR count). The Labute approximate surface area is 156 Å². The fraction of sp³-hybridized carbons (Fsp3) is 0.762. The topological polar surface area (TPSA) is 44.0 Å². The van der Waals surface area contributed by atoms with Crippen molar-refractivity contribution in [3.63, 3.8) is 0 Å². The third-order valence-corrected chi connectivity index (χ3v) is 6.54. The first-order valence-corrected chi connectivity index (χ1v) is 10.7. The number of aliphatic imine (C=N–C) groups is 1. The van der Waals surface area contributed by atoms with E-state index in [2.05, 4.69) is 15.1 Å². The summed E-state index contributed by atoms with van der Waals surface area (Å²) in [7, 11) is 0. The van der Waals surface area contributed by atoms with Gasteiger partial charge in [-0.3, -0.25) is 9.89 Å². The van der Waals surface area contributed by atoms with Gasteiger partial charge in [-0.2, -0.15) is 0 Å². The molecule has 0 aromatic carbocycles. The molecule has 5 nitrogen and oxygen atoms in total. The molecule has 2 atom stereocenters. The van der Waals surface area contributed by atoms with E-state index in [0.717, 1.165) is 49.2 Å². The van der Waals surface area contributed by atoms with Crippen LogP contribution in [0.2, 0.25) is 0 Å². The van der Waals surface area contributed by atoms with Gasteiger partial charge in [-0.1, -0.05) is 0 Å². The number of piperidine rings is 2. The van der Waals surface area contributed by atoms with E-state index in [0.29, 0.717) is 6.04 Å². The van der Waals surface area contributed by atoms with E-state index < -0.39 is 0 Å². The zero-order valence-electron chi connectivity index (χ0n) is 15.8. The van der Waals surface area contributed by atoms with Crippen LogP contribution in [0.15, 0.2) is 27.8 Å². The van der Waals surface area contributed by atoms with E-state index in [-0.39, 0.29) is 0 Å². The van der Waals surface area contributed by atoms with Crippen LogP contribution in [-0.2, 0) is 6.42 Å². The summed E-state index contributed by atoms with van der Waals surface area (Å²) < 4.78 is 5.46. The van der Waals surface area contributed by atoms with E-state index >= 15 is 0 Å². The zero-order chi connectivity index (χ0) is 17.3. The maximum atomic E-state index is 5.46. The van der Waals surface area contributed by atoms with Crippen LogP contribution in [0.25, 0.3) is 0 Å². The lowest BCUT2D eigenvalue weighted by Gasteiger charge is -2.48. The third-order valence-electron chi connectivity index (χ3n) is 6.54. The Morgan fingerprint density at radius 2 is 2.08 bits per heavy atom. The molecule has 0 bridgehead atoms. The average molecular weight is 357 g/mol. The third kappa shape index (κ3) is 3.78. The van der Waals surface area contributed by atoms with Crippen molar-refractivity contribution in [2.24, 2.45) is 10.9 Å². The molecule has 3 heterocycles. The van der Waals surface area contributed by atoms with E-state index in [9.17, 15) is 0 Å². The molecule has 1 aromatic rings. The second-order valence-electron chi connectivity index (χ2n) is 8.63. The Hall–Kier alpha value is -1.49. The van der Waals surface area contributed by atoms with Crippen molar-refractivity contribution in [1.29, 1.82) is 0 Å². The van der Waals surface area contributed by atoms with Crippen molar-refractivity contribution >= 4 is 5.96 Å². The van der Waals surface area contributed by atoms with Gasteiger partial charge in [0.1, 0.15) is 5.76 Å². The number of rotatable bonds is 5. The Bertz CT molecular complexity index is 620. The van der Waals surface area contributed by atoms with Crippen LogP contribution in [0.1, 0.15) is 50.7 Å². The normalized spacial score (nSPS) is 30.3. The maximum absolute atomic E-state index is 5.46. The Morgan fingerprint density at radius 3 is 2.85 bits per heavy atom. The average Bonchev–Trinajstić information content (AvgIpc) is 3.60. The number of likely N-dealkylation sites (tertiary alicyclic amines) is 2. The first-order valence-electron chi connectivity index (χ1n) is 10.7. The number of guanidine groups is 1. The van der Waals surface area contributed by atoms with Crippen molar-refractivity contribution in [2.75, 3.05) is 26.2 Å². The lowest BCUT2D eigenvalue weighted by atomic mass is 9.83. The van der Waals surface area contributed by atoms with Crippen molar-refractivity contribution in [2.45, 2.75) is 69.5 Å². The highest BCUT2D eigenvalue weighted by atomic mass is 16.3. The summed E-state index contributed by atoms with van der Waals surface area (Å²) in [4.78, 5) is 10.4. The molecule has 4 aliphatic rings. The van der Waals surface area contributed by atoms with Gasteiger partial charge in [-0.05, 0) is 69.5 Å². The Kier molecular flexibility index (Phi) is 4.65. The minimum absolute atomic E-state index is 0.657. The number of fused-ring (bicyclic) bond motifs is 1. The highest BCUT2D eigenvalue weighted by Crippen LogP contribution is 2.38. The lowest BCUT2D eigenvalue weighted by molar-refractivity contribution is 0.0369. The fourth-order valence-electron chi connectivity index (χ4n) is 4.87. The molecule has 2 saturated heterocycles. The summed E-state index contributed by atoms with van der Waals surface area (Å²) in [6.07, 6.45) is 12.2. The summed E-state index contributed by atoms with van der Waals surface area (Å²) in [5, 5.41) is 3.71. The summed E-state index contributed by atoms with van der Waals surface area (Å²) in [6.45, 7) is 4.49. The van der Waals surface area contributed by atoms with Crippen molar-refractivity contribution in [3.8, 4) is 0 Å². The van der Waals surface area contributed by atoms with Crippen molar-refractivity contribution in [3.05, 3.63) is 24.2 Å². The predicted molar refractivity (Wildman–Crippen MR) is 103 cm³/mol. The molecule has 4 fully saturated rings. The van der Waals surface area contributed by atoms with E-state index in [1.807, 2.05) is 12.1 Å². The molecule has 142 valence electrons. The van der Waals surface area contributed by atoms with Gasteiger partial charge >= 0.3 is 0 Å². The van der Waals surface area contributed by atoms with E-state index in [1.54, 1.807) is 6.26 Å². The largest absolute Gasteiger partial charge is 0.469 e. The lowest BCUT2D eigenvalue weighted by Crippen LogP contribution is -2.57. The van der Waals surface area contributed by atoms with Gasteiger partial charge in [0.25, 0.3) is 0 Å². The quantitative estimate of drug-likeness (QED) is 0.651. The minimum atomic E-state index is 0.657. The first kappa shape index (κ1) is 16.7. The molecule has 2 saturated carbocycles. The van der Waals surface area contributed by atoms with Crippen LogP contribution in [0.5, 0.6) is 0 Å². The molecule has 0 radical (unpaired) electrons. The molecule has 5 heteroatoms. The predicted octanol–water partition coefficient (Wildman–Crippen LogP) is 2.88. The van der Waals surface area contributed by atoms with E-state index in [1.165, 1.54) is 58.0 Å². The van der Waals surface area contributed by atoms with Crippen LogP contribution in [0.4, 0.5) is 0 Å². The van der Waals surface area contributed by atoms with Crippen LogP contribution in [0.3, 0.4) is 0 Å². The molecule has 26 heavy (non-hydrogen) atoms. The number of hydrogen-bond acceptors (Lipinski definition) is 3. The summed E-state index contributed by atoms with van der Waals surface area (Å²) in [6, 6.07) is 6.41. The molecule has 2 aliphatic heterocycles. The zero-order valence-corrected chi connectivity index (χ0v) is 15.8. The first-order chi connectivity index (χ1) is 12.9. The molecule has 1 N–H and O–H groups in total. The smallest absolute Gasteiger partial charge is 0.194 e. The minimum Gasteiger partial charge on any atom is -0.469 e. The monoisotopic (exact) mass is 356 g/mol. The molecule has 0 spiro atoms. The second kappa shape index (κ2) is 7.26. The van der Waals surface area contributed by atoms with Crippen LogP contribution in [-0.4, -0.2) is 60.1 Å². The van der Waals surface area contributed by atoms with Gasteiger partial charge in [-0.15, -0.1) is 0 Å². The Balaban J connectivity index is 1.23. The second-order valence-corrected chi connectivity index (χ2v) is 8.63. The fourth-order valence-corrected chi connectivity index (χ4v) is 4.87. The van der Waals surface area contributed by atoms with Gasteiger partial charge in [0, 0.05) is 44.2 Å². The van der Waals surface area contributed by atoms with Gasteiger partial charge < -0.3 is 14.6 Å². The molecule has 2 aliphatic carbocycles. The number of nitrogens with one attached hydrogen (secondary N) is 1. The summed E-state index contributed by atoms with van der Waals surface area (Å²) in [5.74, 6) is 3.01. The number of nitrogens with zero attached hydrogens (tertiary/aromatic N) is 3. The van der Waals surface area contributed by atoms with Gasteiger partial charge in [0.05, 0.1) is 6.26 Å². The van der Waals surface area contributed by atoms with Crippen LogP contribution < -0.4 is 5.32 Å². The van der Waals surface area contributed by atoms with Crippen LogP contribution in [0, 0.1) is 5.92 Å². The van der Waals surface area contributed by atoms with Gasteiger partial charge in [0.2, 0.25) is 0 Å². The number of furan rings is 1. The molecular formula is C21H32N4O. The van der Waals surface area contributed by atoms with Gasteiger partial charge in [0.15, 0.2) is 5.96 Å². The van der Waals surface area contributed by atoms with Crippen molar-refractivity contribution in [1.82, 2.24) is 15.1 Å². The van der Waals surface area contributed by atoms with E-state index in [4.69, 9.17) is 9.41 Å². The highest BCUT2D eigenvalue weighted by molar-refractivity contribution is 5.80. The molecule has 0 amide bonds. The van der Waals surface area contributed by atoms with Gasteiger partial charge in [-0.25, -0.2) is 0 Å². The SMILES string of the molecule is c1coc(CCN=C(NC2CC2)N2CCC3C(CCCN3C3CC3)C2)c1. The highest BCUT2D eigenvalue weighted by Gasteiger charge is 2.42. The molecular weight excluding hydrogens is 324 g/mol. The summed E-state index contributed by atoms with van der Waals surface area (Å²) in [5.41, 5.74) is 0. The summed E-state index contributed by atoms with van der Waals surface area (Å²) >= 11 is 0.